The highest BCUT2D eigenvalue weighted by Gasteiger charge is 2.44. The van der Waals surface area contributed by atoms with Crippen molar-refractivity contribution >= 4 is 27.9 Å². The summed E-state index contributed by atoms with van der Waals surface area (Å²) in [6, 6.07) is 7.31. The molecule has 0 bridgehead atoms. The van der Waals surface area contributed by atoms with Gasteiger partial charge in [0.1, 0.15) is 0 Å². The molecular formula is C14H17BrN2O3. The Morgan fingerprint density at radius 2 is 2.05 bits per heavy atom. The molecule has 1 fully saturated rings. The van der Waals surface area contributed by atoms with Crippen molar-refractivity contribution in [3.63, 3.8) is 0 Å². The smallest absolute Gasteiger partial charge is 0.315 e. The molecule has 3 N–H and O–H groups in total. The highest BCUT2D eigenvalue weighted by molar-refractivity contribution is 9.10. The molecule has 1 aromatic rings. The van der Waals surface area contributed by atoms with E-state index in [1.165, 1.54) is 0 Å². The van der Waals surface area contributed by atoms with Gasteiger partial charge in [0, 0.05) is 17.6 Å². The molecule has 0 saturated heterocycles. The van der Waals surface area contributed by atoms with E-state index >= 15 is 0 Å². The first kappa shape index (κ1) is 14.8. The molecule has 0 unspecified atom stereocenters. The van der Waals surface area contributed by atoms with Crippen LogP contribution >= 0.6 is 15.9 Å². The number of urea groups is 1. The number of benzene rings is 1. The van der Waals surface area contributed by atoms with Crippen LogP contribution in [0, 0.1) is 5.41 Å². The zero-order valence-corrected chi connectivity index (χ0v) is 12.6. The summed E-state index contributed by atoms with van der Waals surface area (Å²) in [5.41, 5.74) is 0.221. The fourth-order valence-corrected chi connectivity index (χ4v) is 2.66. The zero-order valence-electron chi connectivity index (χ0n) is 11.0. The summed E-state index contributed by atoms with van der Waals surface area (Å²) in [5, 5.41) is 14.5. The van der Waals surface area contributed by atoms with Crippen molar-refractivity contribution in [3.05, 3.63) is 34.3 Å². The quantitative estimate of drug-likeness (QED) is 0.770. The van der Waals surface area contributed by atoms with Crippen molar-refractivity contribution in [2.45, 2.75) is 25.8 Å². The molecule has 0 radical (unpaired) electrons. The minimum atomic E-state index is -0.823. The second-order valence-electron chi connectivity index (χ2n) is 5.11. The topological polar surface area (TPSA) is 78.4 Å². The number of carboxylic acid groups (broad SMARTS) is 1. The maximum absolute atomic E-state index is 11.7. The van der Waals surface area contributed by atoms with E-state index in [1.807, 2.05) is 24.3 Å². The summed E-state index contributed by atoms with van der Waals surface area (Å²) in [6.07, 6.45) is 2.18. The Morgan fingerprint density at radius 3 is 2.60 bits per heavy atom. The molecule has 108 valence electrons. The largest absolute Gasteiger partial charge is 0.481 e. The maximum atomic E-state index is 11.7. The van der Waals surface area contributed by atoms with E-state index < -0.39 is 11.4 Å². The third-order valence-electron chi connectivity index (χ3n) is 3.69. The van der Waals surface area contributed by atoms with E-state index in [2.05, 4.69) is 26.6 Å². The third-order valence-corrected chi connectivity index (χ3v) is 4.19. The Morgan fingerprint density at radius 1 is 1.30 bits per heavy atom. The van der Waals surface area contributed by atoms with Crippen LogP contribution in [-0.4, -0.2) is 23.7 Å². The lowest BCUT2D eigenvalue weighted by atomic mass is 9.69. The van der Waals surface area contributed by atoms with Gasteiger partial charge in [-0.3, -0.25) is 4.79 Å². The number of amides is 2. The van der Waals surface area contributed by atoms with Crippen LogP contribution in [0.15, 0.2) is 28.7 Å². The molecule has 2 rings (SSSR count). The number of hydrogen-bond acceptors (Lipinski definition) is 2. The number of carbonyl (C=O) groups excluding carboxylic acids is 1. The summed E-state index contributed by atoms with van der Waals surface area (Å²) < 4.78 is 0.955. The molecule has 5 nitrogen and oxygen atoms in total. The maximum Gasteiger partial charge on any atom is 0.315 e. The number of carboxylic acids is 1. The highest BCUT2D eigenvalue weighted by Crippen LogP contribution is 2.40. The first-order chi connectivity index (χ1) is 9.52. The molecule has 1 saturated carbocycles. The van der Waals surface area contributed by atoms with E-state index in [-0.39, 0.29) is 12.6 Å². The first-order valence-corrected chi connectivity index (χ1v) is 7.31. The molecule has 2 amide bonds. The SMILES string of the molecule is O=C(NCc1cccc(Br)c1)NCC1(C(=O)O)CCC1. The number of aliphatic carboxylic acids is 1. The molecule has 0 aliphatic heterocycles. The molecule has 6 heteroatoms. The molecule has 1 aliphatic rings. The first-order valence-electron chi connectivity index (χ1n) is 6.51. The third kappa shape index (κ3) is 3.50. The van der Waals surface area contributed by atoms with Crippen LogP contribution < -0.4 is 10.6 Å². The Balaban J connectivity index is 1.77. The molecule has 0 atom stereocenters. The number of carbonyl (C=O) groups is 2. The van der Waals surface area contributed by atoms with Gasteiger partial charge in [-0.25, -0.2) is 4.79 Å². The molecular weight excluding hydrogens is 324 g/mol. The van der Waals surface area contributed by atoms with Crippen molar-refractivity contribution in [2.24, 2.45) is 5.41 Å². The predicted molar refractivity (Wildman–Crippen MR) is 78.3 cm³/mol. The van der Waals surface area contributed by atoms with Crippen molar-refractivity contribution < 1.29 is 14.7 Å². The molecule has 0 heterocycles. The van der Waals surface area contributed by atoms with Crippen molar-refractivity contribution in [3.8, 4) is 0 Å². The zero-order chi connectivity index (χ0) is 14.6. The van der Waals surface area contributed by atoms with Crippen molar-refractivity contribution in [1.29, 1.82) is 0 Å². The van der Waals surface area contributed by atoms with Crippen molar-refractivity contribution in [2.75, 3.05) is 6.54 Å². The van der Waals surface area contributed by atoms with Crippen molar-refractivity contribution in [1.82, 2.24) is 10.6 Å². The summed E-state index contributed by atoms with van der Waals surface area (Å²) in [5.74, 6) is -0.823. The van der Waals surface area contributed by atoms with Gasteiger partial charge in [0.25, 0.3) is 0 Å². The second kappa shape index (κ2) is 6.26. The van der Waals surface area contributed by atoms with Gasteiger partial charge in [-0.2, -0.15) is 0 Å². The highest BCUT2D eigenvalue weighted by atomic mass is 79.9. The van der Waals surface area contributed by atoms with Crippen LogP contribution in [0.4, 0.5) is 4.79 Å². The predicted octanol–water partition coefficient (Wildman–Crippen LogP) is 2.50. The minimum Gasteiger partial charge on any atom is -0.481 e. The van der Waals surface area contributed by atoms with Crippen LogP contribution in [-0.2, 0) is 11.3 Å². The molecule has 0 spiro atoms. The lowest BCUT2D eigenvalue weighted by molar-refractivity contribution is -0.153. The lowest BCUT2D eigenvalue weighted by Gasteiger charge is -2.37. The molecule has 0 aromatic heterocycles. The van der Waals surface area contributed by atoms with Gasteiger partial charge in [-0.1, -0.05) is 34.5 Å². The Labute approximate surface area is 125 Å². The number of hydrogen-bond donors (Lipinski definition) is 3. The standard InChI is InChI=1S/C14H17BrN2O3/c15-11-4-1-3-10(7-11)8-16-13(20)17-9-14(12(18)19)5-2-6-14/h1,3-4,7H,2,5-6,8-9H2,(H,18,19)(H2,16,17,20). The van der Waals surface area contributed by atoms with E-state index in [9.17, 15) is 9.59 Å². The van der Waals surface area contributed by atoms with Gasteiger partial charge in [-0.05, 0) is 30.5 Å². The minimum absolute atomic E-state index is 0.187. The second-order valence-corrected chi connectivity index (χ2v) is 6.02. The molecule has 20 heavy (non-hydrogen) atoms. The van der Waals surface area contributed by atoms with E-state index in [0.29, 0.717) is 19.4 Å². The normalized spacial score (nSPS) is 16.1. The lowest BCUT2D eigenvalue weighted by Crippen LogP contribution is -2.49. The van der Waals surface area contributed by atoms with Crippen LogP contribution in [0.3, 0.4) is 0 Å². The fraction of sp³-hybridized carbons (Fsp3) is 0.429. The van der Waals surface area contributed by atoms with Crippen LogP contribution in [0.5, 0.6) is 0 Å². The van der Waals surface area contributed by atoms with Gasteiger partial charge in [0.2, 0.25) is 0 Å². The summed E-state index contributed by atoms with van der Waals surface area (Å²) in [6.45, 7) is 0.595. The Kier molecular flexibility index (Phi) is 4.65. The summed E-state index contributed by atoms with van der Waals surface area (Å²) >= 11 is 3.37. The number of nitrogens with one attached hydrogen (secondary N) is 2. The van der Waals surface area contributed by atoms with Crippen LogP contribution in [0.2, 0.25) is 0 Å². The average molecular weight is 341 g/mol. The van der Waals surface area contributed by atoms with Gasteiger partial charge in [-0.15, -0.1) is 0 Å². The van der Waals surface area contributed by atoms with Gasteiger partial charge in [0.15, 0.2) is 0 Å². The van der Waals surface area contributed by atoms with Gasteiger partial charge < -0.3 is 15.7 Å². The monoisotopic (exact) mass is 340 g/mol. The summed E-state index contributed by atoms with van der Waals surface area (Å²) in [7, 11) is 0. The van der Waals surface area contributed by atoms with E-state index in [4.69, 9.17) is 5.11 Å². The molecule has 1 aliphatic carbocycles. The Hall–Kier alpha value is -1.56. The van der Waals surface area contributed by atoms with Gasteiger partial charge >= 0.3 is 12.0 Å². The number of halogens is 1. The van der Waals surface area contributed by atoms with Gasteiger partial charge in [0.05, 0.1) is 5.41 Å². The van der Waals surface area contributed by atoms with E-state index in [1.54, 1.807) is 0 Å². The molecule has 1 aromatic carbocycles. The van der Waals surface area contributed by atoms with Crippen LogP contribution in [0.1, 0.15) is 24.8 Å². The van der Waals surface area contributed by atoms with Crippen LogP contribution in [0.25, 0.3) is 0 Å². The number of rotatable bonds is 5. The van der Waals surface area contributed by atoms with E-state index in [0.717, 1.165) is 16.5 Å². The summed E-state index contributed by atoms with van der Waals surface area (Å²) in [4.78, 5) is 22.8. The average Bonchev–Trinajstić information content (AvgIpc) is 2.34. The fourth-order valence-electron chi connectivity index (χ4n) is 2.21. The Bertz CT molecular complexity index is 515.